The normalized spacial score (nSPS) is 10.8. The molecule has 0 atom stereocenters. The van der Waals surface area contributed by atoms with Gasteiger partial charge in [0.15, 0.2) is 11.5 Å². The van der Waals surface area contributed by atoms with Crippen molar-refractivity contribution in [2.45, 2.75) is 0 Å². The molecule has 0 saturated heterocycles. The van der Waals surface area contributed by atoms with Crippen LogP contribution in [0.5, 0.6) is 11.5 Å². The number of hydrogen-bond acceptors (Lipinski definition) is 7. The zero-order valence-electron chi connectivity index (χ0n) is 21.3. The number of pyridine rings is 1. The van der Waals surface area contributed by atoms with E-state index in [0.29, 0.717) is 49.8 Å². The standard InChI is InChI=1S/C30H23BrN2O5S/c1-36-25-13-10-18(14-26(25)37-2)24-15-21(20-6-4-5-7-23(20)32-24)28(34)33-29-27(30(35)38-3)22(16-39-29)17-8-11-19(31)12-9-17/h4-16H,1-3H3,(H,33,34). The highest BCUT2D eigenvalue weighted by molar-refractivity contribution is 9.10. The van der Waals surface area contributed by atoms with Gasteiger partial charge in [-0.05, 0) is 48.0 Å². The number of carbonyl (C=O) groups is 2. The molecule has 2 aromatic heterocycles. The number of benzene rings is 3. The highest BCUT2D eigenvalue weighted by Crippen LogP contribution is 2.38. The van der Waals surface area contributed by atoms with E-state index in [1.807, 2.05) is 66.0 Å². The first-order chi connectivity index (χ1) is 18.9. The number of ether oxygens (including phenoxy) is 3. The van der Waals surface area contributed by atoms with E-state index in [4.69, 9.17) is 19.2 Å². The molecular formula is C30H23BrN2O5S. The van der Waals surface area contributed by atoms with Crippen molar-refractivity contribution in [3.63, 3.8) is 0 Å². The lowest BCUT2D eigenvalue weighted by atomic mass is 10.0. The van der Waals surface area contributed by atoms with Crippen LogP contribution in [-0.4, -0.2) is 38.2 Å². The van der Waals surface area contributed by atoms with E-state index in [2.05, 4.69) is 21.2 Å². The van der Waals surface area contributed by atoms with Crippen LogP contribution in [0.15, 0.2) is 82.6 Å². The fraction of sp³-hybridized carbons (Fsp3) is 0.100. The zero-order chi connectivity index (χ0) is 27.5. The molecule has 39 heavy (non-hydrogen) atoms. The fourth-order valence-corrected chi connectivity index (χ4v) is 5.49. The maximum atomic E-state index is 13.8. The third-order valence-electron chi connectivity index (χ3n) is 6.20. The Labute approximate surface area is 237 Å². The van der Waals surface area contributed by atoms with Gasteiger partial charge < -0.3 is 19.5 Å². The van der Waals surface area contributed by atoms with Crippen LogP contribution >= 0.6 is 27.3 Å². The number of aromatic nitrogens is 1. The van der Waals surface area contributed by atoms with Crippen LogP contribution < -0.4 is 14.8 Å². The van der Waals surface area contributed by atoms with E-state index in [-0.39, 0.29) is 5.91 Å². The highest BCUT2D eigenvalue weighted by Gasteiger charge is 2.24. The maximum absolute atomic E-state index is 13.8. The van der Waals surface area contributed by atoms with Crippen molar-refractivity contribution in [1.29, 1.82) is 0 Å². The molecule has 0 spiro atoms. The highest BCUT2D eigenvalue weighted by atomic mass is 79.9. The quantitative estimate of drug-likeness (QED) is 0.195. The molecule has 5 aromatic rings. The number of esters is 1. The number of carbonyl (C=O) groups excluding carboxylic acids is 2. The van der Waals surface area contributed by atoms with Crippen LogP contribution in [0.4, 0.5) is 5.00 Å². The van der Waals surface area contributed by atoms with Crippen molar-refractivity contribution in [3.05, 3.63) is 93.8 Å². The van der Waals surface area contributed by atoms with Gasteiger partial charge in [-0.1, -0.05) is 46.3 Å². The summed E-state index contributed by atoms with van der Waals surface area (Å²) in [5.41, 5.74) is 4.24. The van der Waals surface area contributed by atoms with E-state index >= 15 is 0 Å². The number of thiophene rings is 1. The van der Waals surface area contributed by atoms with Gasteiger partial charge in [0.05, 0.1) is 38.1 Å². The third-order valence-corrected chi connectivity index (χ3v) is 7.63. The Morgan fingerprint density at radius 3 is 2.31 bits per heavy atom. The fourth-order valence-electron chi connectivity index (χ4n) is 4.27. The van der Waals surface area contributed by atoms with Crippen molar-refractivity contribution in [2.75, 3.05) is 26.6 Å². The number of rotatable bonds is 7. The number of anilines is 1. The Balaban J connectivity index is 1.58. The second-order valence-corrected chi connectivity index (χ2v) is 10.2. The Kier molecular flexibility index (Phi) is 7.63. The number of fused-ring (bicyclic) bond motifs is 1. The first-order valence-corrected chi connectivity index (χ1v) is 13.5. The Morgan fingerprint density at radius 1 is 0.872 bits per heavy atom. The number of methoxy groups -OCH3 is 3. The summed E-state index contributed by atoms with van der Waals surface area (Å²) in [6.07, 6.45) is 0. The Morgan fingerprint density at radius 2 is 1.59 bits per heavy atom. The molecule has 0 radical (unpaired) electrons. The molecule has 0 saturated carbocycles. The molecule has 9 heteroatoms. The van der Waals surface area contributed by atoms with Gasteiger partial charge >= 0.3 is 5.97 Å². The number of halogens is 1. The second kappa shape index (κ2) is 11.3. The first kappa shape index (κ1) is 26.4. The van der Waals surface area contributed by atoms with E-state index in [1.165, 1.54) is 18.4 Å². The van der Waals surface area contributed by atoms with Crippen LogP contribution in [0.2, 0.25) is 0 Å². The summed E-state index contributed by atoms with van der Waals surface area (Å²) < 4.78 is 16.8. The molecule has 1 N–H and O–H groups in total. The molecule has 5 rings (SSSR count). The number of para-hydroxylation sites is 1. The maximum Gasteiger partial charge on any atom is 0.341 e. The number of nitrogens with one attached hydrogen (secondary N) is 1. The van der Waals surface area contributed by atoms with Crippen LogP contribution in [0.25, 0.3) is 33.3 Å². The average molecular weight is 603 g/mol. The first-order valence-electron chi connectivity index (χ1n) is 11.8. The summed E-state index contributed by atoms with van der Waals surface area (Å²) in [6.45, 7) is 0. The van der Waals surface area contributed by atoms with Crippen molar-refractivity contribution < 1.29 is 23.8 Å². The molecular weight excluding hydrogens is 580 g/mol. The molecule has 0 aliphatic carbocycles. The van der Waals surface area contributed by atoms with Gasteiger partial charge in [0, 0.05) is 26.4 Å². The third kappa shape index (κ3) is 5.23. The summed E-state index contributed by atoms with van der Waals surface area (Å²) >= 11 is 4.70. The summed E-state index contributed by atoms with van der Waals surface area (Å²) in [5.74, 6) is 0.243. The smallest absolute Gasteiger partial charge is 0.341 e. The van der Waals surface area contributed by atoms with Crippen LogP contribution in [0.3, 0.4) is 0 Å². The summed E-state index contributed by atoms with van der Waals surface area (Å²) in [7, 11) is 4.46. The summed E-state index contributed by atoms with van der Waals surface area (Å²) in [5, 5.41) is 5.88. The SMILES string of the molecule is COC(=O)c1c(-c2ccc(Br)cc2)csc1NC(=O)c1cc(-c2ccc(OC)c(OC)c2)nc2ccccc12. The predicted molar refractivity (Wildman–Crippen MR) is 157 cm³/mol. The summed E-state index contributed by atoms with van der Waals surface area (Å²) in [4.78, 5) is 31.4. The second-order valence-electron chi connectivity index (χ2n) is 8.45. The summed E-state index contributed by atoms with van der Waals surface area (Å²) in [6, 6.07) is 22.2. The lowest BCUT2D eigenvalue weighted by Crippen LogP contribution is -2.15. The van der Waals surface area contributed by atoms with E-state index in [9.17, 15) is 9.59 Å². The van der Waals surface area contributed by atoms with Crippen molar-refractivity contribution in [1.82, 2.24) is 4.98 Å². The Hall–Kier alpha value is -4.21. The lowest BCUT2D eigenvalue weighted by Gasteiger charge is -2.13. The van der Waals surface area contributed by atoms with Crippen molar-refractivity contribution in [2.24, 2.45) is 0 Å². The topological polar surface area (TPSA) is 86.8 Å². The van der Waals surface area contributed by atoms with Gasteiger partial charge in [-0.3, -0.25) is 4.79 Å². The van der Waals surface area contributed by atoms with Gasteiger partial charge in [-0.2, -0.15) is 0 Å². The number of amides is 1. The van der Waals surface area contributed by atoms with Crippen LogP contribution in [-0.2, 0) is 4.74 Å². The molecule has 0 bridgehead atoms. The Bertz CT molecular complexity index is 1700. The molecule has 2 heterocycles. The van der Waals surface area contributed by atoms with Gasteiger partial charge in [-0.15, -0.1) is 11.3 Å². The minimum atomic E-state index is -0.532. The molecule has 7 nitrogen and oxygen atoms in total. The van der Waals surface area contributed by atoms with Crippen LogP contribution in [0, 0.1) is 0 Å². The van der Waals surface area contributed by atoms with Gasteiger partial charge in [0.1, 0.15) is 10.6 Å². The van der Waals surface area contributed by atoms with Crippen molar-refractivity contribution in [3.8, 4) is 33.9 Å². The number of hydrogen-bond donors (Lipinski definition) is 1. The van der Waals surface area contributed by atoms with E-state index < -0.39 is 5.97 Å². The van der Waals surface area contributed by atoms with Crippen LogP contribution in [0.1, 0.15) is 20.7 Å². The van der Waals surface area contributed by atoms with E-state index in [1.54, 1.807) is 26.4 Å². The van der Waals surface area contributed by atoms with Crippen molar-refractivity contribution >= 4 is 55.0 Å². The molecule has 196 valence electrons. The molecule has 0 aliphatic heterocycles. The minimum absolute atomic E-state index is 0.302. The predicted octanol–water partition coefficient (Wildman–Crippen LogP) is 7.45. The minimum Gasteiger partial charge on any atom is -0.493 e. The lowest BCUT2D eigenvalue weighted by molar-refractivity contribution is 0.0603. The molecule has 3 aromatic carbocycles. The largest absolute Gasteiger partial charge is 0.493 e. The van der Waals surface area contributed by atoms with E-state index in [0.717, 1.165) is 15.6 Å². The zero-order valence-corrected chi connectivity index (χ0v) is 23.7. The molecule has 0 unspecified atom stereocenters. The van der Waals surface area contributed by atoms with Gasteiger partial charge in [-0.25, -0.2) is 9.78 Å². The molecule has 1 amide bonds. The monoisotopic (exact) mass is 602 g/mol. The van der Waals surface area contributed by atoms with Gasteiger partial charge in [0.25, 0.3) is 5.91 Å². The molecule has 0 aliphatic rings. The van der Waals surface area contributed by atoms with Gasteiger partial charge in [0.2, 0.25) is 0 Å². The molecule has 0 fully saturated rings. The average Bonchev–Trinajstić information content (AvgIpc) is 3.39. The number of nitrogens with zero attached hydrogens (tertiary/aromatic N) is 1.